The van der Waals surface area contributed by atoms with Crippen LogP contribution in [0.15, 0.2) is 17.1 Å². The molecule has 0 spiro atoms. The summed E-state index contributed by atoms with van der Waals surface area (Å²) in [4.78, 5) is 9.80. The third-order valence-corrected chi connectivity index (χ3v) is 4.88. The summed E-state index contributed by atoms with van der Waals surface area (Å²) in [7, 11) is 0. The zero-order chi connectivity index (χ0) is 11.1. The first kappa shape index (κ1) is 10.1. The molecule has 0 amide bonds. The molecule has 2 nitrogen and oxygen atoms in total. The van der Waals surface area contributed by atoms with Gasteiger partial charge in [0.05, 0.1) is 17.1 Å². The number of thiophene rings is 2. The van der Waals surface area contributed by atoms with Crippen LogP contribution in [0.2, 0.25) is 0 Å². The van der Waals surface area contributed by atoms with Gasteiger partial charge in [-0.05, 0) is 26.0 Å². The number of hydrogen-bond acceptors (Lipinski definition) is 4. The molecule has 0 saturated carbocycles. The van der Waals surface area contributed by atoms with E-state index in [2.05, 4.69) is 36.3 Å². The molecule has 0 aliphatic carbocycles. The van der Waals surface area contributed by atoms with Gasteiger partial charge in [0.1, 0.15) is 5.69 Å². The Morgan fingerprint density at radius 3 is 2.88 bits per heavy atom. The van der Waals surface area contributed by atoms with Crippen molar-refractivity contribution >= 4 is 40.3 Å². The van der Waals surface area contributed by atoms with Crippen LogP contribution in [0, 0.1) is 13.8 Å². The van der Waals surface area contributed by atoms with Gasteiger partial charge in [-0.1, -0.05) is 0 Å². The van der Waals surface area contributed by atoms with Crippen LogP contribution in [-0.4, -0.2) is 12.8 Å². The largest absolute Gasteiger partial charge is 0.377 e. The molecule has 0 aromatic carbocycles. The maximum Gasteiger partial charge on any atom is 0.100 e. The number of rotatable bonds is 1. The van der Waals surface area contributed by atoms with E-state index in [0.29, 0.717) is 0 Å². The second-order valence-electron chi connectivity index (χ2n) is 3.81. The second kappa shape index (κ2) is 3.71. The third kappa shape index (κ3) is 1.49. The topological polar surface area (TPSA) is 24.4 Å². The van der Waals surface area contributed by atoms with Gasteiger partial charge in [-0.25, -0.2) is 0 Å². The van der Waals surface area contributed by atoms with Crippen LogP contribution in [0.25, 0.3) is 9.75 Å². The zero-order valence-corrected chi connectivity index (χ0v) is 10.8. The Bertz CT molecular complexity index is 564. The van der Waals surface area contributed by atoms with Crippen molar-refractivity contribution in [2.75, 3.05) is 11.9 Å². The molecule has 3 heterocycles. The van der Waals surface area contributed by atoms with Gasteiger partial charge in [-0.3, -0.25) is 4.99 Å². The predicted molar refractivity (Wildman–Crippen MR) is 73.7 cm³/mol. The zero-order valence-electron chi connectivity index (χ0n) is 9.20. The number of hydrogen-bond donors (Lipinski definition) is 1. The maximum absolute atomic E-state index is 4.47. The molecule has 4 heteroatoms. The number of aryl methyl sites for hydroxylation is 2. The Balaban J connectivity index is 2.18. The molecule has 0 unspecified atom stereocenters. The number of aliphatic imine (C=N–C) groups is 1. The smallest absolute Gasteiger partial charge is 0.100 e. The van der Waals surface area contributed by atoms with Gasteiger partial charge in [0.2, 0.25) is 0 Å². The van der Waals surface area contributed by atoms with Gasteiger partial charge in [0.25, 0.3) is 0 Å². The SMILES string of the molecule is Cc1ccc(-c2sc(C)c3c2NCC=N3)s1. The highest BCUT2D eigenvalue weighted by Gasteiger charge is 2.18. The molecule has 0 atom stereocenters. The van der Waals surface area contributed by atoms with Crippen LogP contribution in [0.5, 0.6) is 0 Å². The van der Waals surface area contributed by atoms with Crippen molar-refractivity contribution in [1.29, 1.82) is 0 Å². The molecular weight excluding hydrogens is 236 g/mol. The first-order valence-corrected chi connectivity index (χ1v) is 6.85. The van der Waals surface area contributed by atoms with Crippen LogP contribution in [0.4, 0.5) is 11.4 Å². The fraction of sp³-hybridized carbons (Fsp3) is 0.250. The average molecular weight is 248 g/mol. The lowest BCUT2D eigenvalue weighted by Crippen LogP contribution is -2.05. The molecule has 1 aliphatic heterocycles. The summed E-state index contributed by atoms with van der Waals surface area (Å²) < 4.78 is 0. The molecule has 82 valence electrons. The Kier molecular flexibility index (Phi) is 2.33. The third-order valence-electron chi connectivity index (χ3n) is 2.61. The molecule has 1 aliphatic rings. The second-order valence-corrected chi connectivity index (χ2v) is 6.33. The summed E-state index contributed by atoms with van der Waals surface area (Å²) in [6, 6.07) is 4.37. The highest BCUT2D eigenvalue weighted by Crippen LogP contribution is 2.48. The van der Waals surface area contributed by atoms with E-state index in [1.807, 2.05) is 28.9 Å². The number of nitrogens with one attached hydrogen (secondary N) is 1. The monoisotopic (exact) mass is 248 g/mol. The van der Waals surface area contributed by atoms with Crippen LogP contribution >= 0.6 is 22.7 Å². The molecular formula is C12H12N2S2. The molecule has 3 rings (SSSR count). The van der Waals surface area contributed by atoms with Gasteiger partial charge >= 0.3 is 0 Å². The van der Waals surface area contributed by atoms with E-state index in [1.54, 1.807) is 0 Å². The fourth-order valence-electron chi connectivity index (χ4n) is 1.87. The maximum atomic E-state index is 4.47. The van der Waals surface area contributed by atoms with Crippen molar-refractivity contribution in [3.63, 3.8) is 0 Å². The van der Waals surface area contributed by atoms with Crippen molar-refractivity contribution in [2.24, 2.45) is 4.99 Å². The van der Waals surface area contributed by atoms with E-state index < -0.39 is 0 Å². The first-order chi connectivity index (χ1) is 7.75. The molecule has 16 heavy (non-hydrogen) atoms. The van der Waals surface area contributed by atoms with Crippen LogP contribution in [0.3, 0.4) is 0 Å². The van der Waals surface area contributed by atoms with E-state index in [-0.39, 0.29) is 0 Å². The first-order valence-electron chi connectivity index (χ1n) is 5.22. The Labute approximate surface area is 103 Å². The van der Waals surface area contributed by atoms with Gasteiger partial charge in [-0.2, -0.15) is 0 Å². The molecule has 0 bridgehead atoms. The Hall–Kier alpha value is -1.13. The van der Waals surface area contributed by atoms with E-state index in [0.717, 1.165) is 12.2 Å². The number of fused-ring (bicyclic) bond motifs is 1. The van der Waals surface area contributed by atoms with E-state index in [1.165, 1.54) is 25.2 Å². The standard InChI is InChI=1S/C12H12N2S2/c1-7-3-4-9(15-7)12-11-10(8(2)16-12)13-5-6-14-11/h3-5,14H,6H2,1-2H3. The lowest BCUT2D eigenvalue weighted by Gasteiger charge is -2.09. The number of anilines is 1. The number of nitrogens with zero attached hydrogens (tertiary/aromatic N) is 1. The Morgan fingerprint density at radius 1 is 1.25 bits per heavy atom. The molecule has 1 N–H and O–H groups in total. The molecule has 0 fully saturated rings. The summed E-state index contributed by atoms with van der Waals surface area (Å²) in [6.45, 7) is 5.12. The van der Waals surface area contributed by atoms with Gasteiger partial charge in [0, 0.05) is 20.8 Å². The van der Waals surface area contributed by atoms with E-state index >= 15 is 0 Å². The normalized spacial score (nSPS) is 13.6. The van der Waals surface area contributed by atoms with Gasteiger partial charge in [0.15, 0.2) is 0 Å². The van der Waals surface area contributed by atoms with Crippen molar-refractivity contribution in [1.82, 2.24) is 0 Å². The summed E-state index contributed by atoms with van der Waals surface area (Å²) in [5.41, 5.74) is 2.34. The van der Waals surface area contributed by atoms with Crippen molar-refractivity contribution < 1.29 is 0 Å². The van der Waals surface area contributed by atoms with Crippen LogP contribution in [0.1, 0.15) is 9.75 Å². The lowest BCUT2D eigenvalue weighted by atomic mass is 10.2. The average Bonchev–Trinajstić information content (AvgIpc) is 2.84. The van der Waals surface area contributed by atoms with Gasteiger partial charge in [-0.15, -0.1) is 22.7 Å². The predicted octanol–water partition coefficient (Wildman–Crippen LogP) is 4.22. The van der Waals surface area contributed by atoms with Crippen molar-refractivity contribution in [2.45, 2.75) is 13.8 Å². The lowest BCUT2D eigenvalue weighted by molar-refractivity contribution is 1.34. The van der Waals surface area contributed by atoms with E-state index in [9.17, 15) is 0 Å². The van der Waals surface area contributed by atoms with Crippen LogP contribution in [-0.2, 0) is 0 Å². The quantitative estimate of drug-likeness (QED) is 0.802. The van der Waals surface area contributed by atoms with E-state index in [4.69, 9.17) is 0 Å². The summed E-state index contributed by atoms with van der Waals surface area (Å²) in [5.74, 6) is 0. The van der Waals surface area contributed by atoms with Crippen molar-refractivity contribution in [3.05, 3.63) is 21.9 Å². The van der Waals surface area contributed by atoms with Crippen LogP contribution < -0.4 is 5.32 Å². The Morgan fingerprint density at radius 2 is 2.12 bits per heavy atom. The highest BCUT2D eigenvalue weighted by molar-refractivity contribution is 7.23. The minimum atomic E-state index is 0.834. The fourth-order valence-corrected chi connectivity index (χ4v) is 3.93. The molecule has 2 aromatic heterocycles. The van der Waals surface area contributed by atoms with Gasteiger partial charge < -0.3 is 5.32 Å². The molecule has 0 saturated heterocycles. The van der Waals surface area contributed by atoms with Crippen molar-refractivity contribution in [3.8, 4) is 9.75 Å². The molecule has 0 radical (unpaired) electrons. The summed E-state index contributed by atoms with van der Waals surface area (Å²) >= 11 is 3.68. The summed E-state index contributed by atoms with van der Waals surface area (Å²) in [5, 5.41) is 3.43. The minimum absolute atomic E-state index is 0.834. The highest BCUT2D eigenvalue weighted by atomic mass is 32.1. The molecule has 2 aromatic rings. The summed E-state index contributed by atoms with van der Waals surface area (Å²) in [6.07, 6.45) is 1.94. The minimum Gasteiger partial charge on any atom is -0.377 e.